The Morgan fingerprint density at radius 3 is 2.38 bits per heavy atom. The van der Waals surface area contributed by atoms with E-state index in [0.717, 1.165) is 31.2 Å². The Morgan fingerprint density at radius 2 is 1.71 bits per heavy atom. The molecule has 1 N–H and O–H groups in total. The molecule has 2 aromatic carbocycles. The van der Waals surface area contributed by atoms with Crippen LogP contribution in [-0.2, 0) is 6.42 Å². The third-order valence-electron chi connectivity index (χ3n) is 3.85. The summed E-state index contributed by atoms with van der Waals surface area (Å²) in [5.41, 5.74) is 2.46. The number of nitrogens with zero attached hydrogens (tertiary/aromatic N) is 2. The van der Waals surface area contributed by atoms with Crippen LogP contribution in [0.5, 0.6) is 0 Å². The van der Waals surface area contributed by atoms with Crippen molar-refractivity contribution in [2.45, 2.75) is 19.4 Å². The molecule has 0 radical (unpaired) electrons. The van der Waals surface area contributed by atoms with E-state index in [9.17, 15) is 0 Å². The van der Waals surface area contributed by atoms with Crippen LogP contribution < -0.4 is 5.32 Å². The van der Waals surface area contributed by atoms with Crippen LogP contribution in [0.1, 0.15) is 12.5 Å². The zero-order valence-corrected chi connectivity index (χ0v) is 12.4. The van der Waals surface area contributed by atoms with Gasteiger partial charge in [0.1, 0.15) is 0 Å². The second-order valence-corrected chi connectivity index (χ2v) is 5.28. The van der Waals surface area contributed by atoms with Gasteiger partial charge in [-0.25, -0.2) is 0 Å². The average molecular weight is 279 g/mol. The lowest BCUT2D eigenvalue weighted by atomic mass is 10.1. The minimum absolute atomic E-state index is 0.448. The predicted octanol–water partition coefficient (Wildman–Crippen LogP) is 3.40. The first kappa shape index (κ1) is 13.7. The van der Waals surface area contributed by atoms with Crippen molar-refractivity contribution >= 4 is 11.6 Å². The summed E-state index contributed by atoms with van der Waals surface area (Å²) >= 11 is 0. The quantitative estimate of drug-likeness (QED) is 0.929. The summed E-state index contributed by atoms with van der Waals surface area (Å²) in [4.78, 5) is 7.05. The molecule has 3 nitrogen and oxygen atoms in total. The molecule has 0 unspecified atom stereocenters. The van der Waals surface area contributed by atoms with Crippen LogP contribution in [0.3, 0.4) is 0 Å². The topological polar surface area (TPSA) is 27.6 Å². The Balaban J connectivity index is 1.68. The normalized spacial score (nSPS) is 17.7. The molecule has 0 bridgehead atoms. The highest BCUT2D eigenvalue weighted by Gasteiger charge is 2.26. The second kappa shape index (κ2) is 6.44. The van der Waals surface area contributed by atoms with Gasteiger partial charge in [0.15, 0.2) is 5.96 Å². The first-order valence-electron chi connectivity index (χ1n) is 7.54. The zero-order chi connectivity index (χ0) is 14.5. The lowest BCUT2D eigenvalue weighted by molar-refractivity contribution is 0.355. The van der Waals surface area contributed by atoms with Crippen LogP contribution in [0, 0.1) is 0 Å². The van der Waals surface area contributed by atoms with Crippen molar-refractivity contribution < 1.29 is 0 Å². The van der Waals surface area contributed by atoms with Gasteiger partial charge in [0.05, 0.1) is 12.6 Å². The van der Waals surface area contributed by atoms with Gasteiger partial charge in [0.2, 0.25) is 0 Å². The summed E-state index contributed by atoms with van der Waals surface area (Å²) < 4.78 is 0. The molecule has 0 saturated heterocycles. The molecule has 1 heterocycles. The van der Waals surface area contributed by atoms with E-state index in [1.165, 1.54) is 5.56 Å². The summed E-state index contributed by atoms with van der Waals surface area (Å²) in [5, 5.41) is 3.43. The number of nitrogens with one attached hydrogen (secondary N) is 1. The van der Waals surface area contributed by atoms with Crippen molar-refractivity contribution in [2.75, 3.05) is 18.4 Å². The Bertz CT molecular complexity index is 592. The maximum absolute atomic E-state index is 4.69. The number of guanidine groups is 1. The lowest BCUT2D eigenvalue weighted by Crippen LogP contribution is -2.40. The van der Waals surface area contributed by atoms with Gasteiger partial charge in [-0.3, -0.25) is 4.99 Å². The zero-order valence-electron chi connectivity index (χ0n) is 12.4. The molecule has 0 saturated carbocycles. The Hall–Kier alpha value is -2.29. The van der Waals surface area contributed by atoms with Gasteiger partial charge in [-0.05, 0) is 31.0 Å². The molecule has 0 fully saturated rings. The fraction of sp³-hybridized carbons (Fsp3) is 0.278. The number of para-hydroxylation sites is 1. The van der Waals surface area contributed by atoms with Gasteiger partial charge in [0.25, 0.3) is 0 Å². The van der Waals surface area contributed by atoms with E-state index >= 15 is 0 Å². The number of hydrogen-bond donors (Lipinski definition) is 1. The van der Waals surface area contributed by atoms with Crippen molar-refractivity contribution in [1.29, 1.82) is 0 Å². The molecule has 1 atom stereocenters. The third-order valence-corrected chi connectivity index (χ3v) is 3.85. The Kier molecular flexibility index (Phi) is 4.20. The van der Waals surface area contributed by atoms with Gasteiger partial charge in [-0.15, -0.1) is 0 Å². The molecular formula is C18H21N3. The molecule has 0 amide bonds. The van der Waals surface area contributed by atoms with E-state index in [1.54, 1.807) is 0 Å². The molecule has 2 aromatic rings. The highest BCUT2D eigenvalue weighted by Crippen LogP contribution is 2.17. The first-order valence-corrected chi connectivity index (χ1v) is 7.54. The van der Waals surface area contributed by atoms with Crippen molar-refractivity contribution in [3.63, 3.8) is 0 Å². The van der Waals surface area contributed by atoms with E-state index in [1.807, 2.05) is 18.2 Å². The molecule has 0 spiro atoms. The van der Waals surface area contributed by atoms with Crippen molar-refractivity contribution in [2.24, 2.45) is 4.99 Å². The number of likely N-dealkylation sites (N-methyl/N-ethyl adjacent to an activating group) is 1. The van der Waals surface area contributed by atoms with Crippen molar-refractivity contribution in [1.82, 2.24) is 4.90 Å². The van der Waals surface area contributed by atoms with Crippen LogP contribution in [0.15, 0.2) is 65.7 Å². The van der Waals surface area contributed by atoms with Gasteiger partial charge in [-0.2, -0.15) is 0 Å². The Morgan fingerprint density at radius 1 is 1.05 bits per heavy atom. The van der Waals surface area contributed by atoms with Gasteiger partial charge < -0.3 is 10.2 Å². The molecular weight excluding hydrogens is 258 g/mol. The van der Waals surface area contributed by atoms with E-state index in [4.69, 9.17) is 4.99 Å². The number of benzene rings is 2. The van der Waals surface area contributed by atoms with Crippen LogP contribution in [0.4, 0.5) is 5.69 Å². The highest BCUT2D eigenvalue weighted by molar-refractivity contribution is 5.95. The fourth-order valence-electron chi connectivity index (χ4n) is 2.78. The Labute approximate surface area is 126 Å². The lowest BCUT2D eigenvalue weighted by Gasteiger charge is -2.27. The largest absolute Gasteiger partial charge is 0.338 e. The van der Waals surface area contributed by atoms with Crippen LogP contribution in [0.2, 0.25) is 0 Å². The number of hydrogen-bond acceptors (Lipinski definition) is 3. The van der Waals surface area contributed by atoms with Crippen LogP contribution in [-0.4, -0.2) is 30.0 Å². The molecule has 3 rings (SSSR count). The number of aliphatic imine (C=N–C) groups is 1. The fourth-order valence-corrected chi connectivity index (χ4v) is 2.78. The van der Waals surface area contributed by atoms with Gasteiger partial charge in [-0.1, -0.05) is 48.5 Å². The van der Waals surface area contributed by atoms with E-state index in [0.29, 0.717) is 6.04 Å². The monoisotopic (exact) mass is 279 g/mol. The van der Waals surface area contributed by atoms with Crippen molar-refractivity contribution in [3.05, 3.63) is 66.2 Å². The van der Waals surface area contributed by atoms with Crippen LogP contribution >= 0.6 is 0 Å². The summed E-state index contributed by atoms with van der Waals surface area (Å²) in [6.07, 6.45) is 1.04. The summed E-state index contributed by atoms with van der Waals surface area (Å²) in [7, 11) is 0. The first-order chi connectivity index (χ1) is 10.4. The van der Waals surface area contributed by atoms with Gasteiger partial charge >= 0.3 is 0 Å². The van der Waals surface area contributed by atoms with Crippen molar-refractivity contribution in [3.8, 4) is 0 Å². The molecule has 1 aliphatic heterocycles. The predicted molar refractivity (Wildman–Crippen MR) is 88.7 cm³/mol. The summed E-state index contributed by atoms with van der Waals surface area (Å²) in [5.74, 6) is 0.990. The van der Waals surface area contributed by atoms with E-state index in [2.05, 4.69) is 59.6 Å². The summed E-state index contributed by atoms with van der Waals surface area (Å²) in [6, 6.07) is 21.3. The SMILES string of the molecule is CCN1C(Nc2ccccc2)=NC[C@@H]1Cc1ccccc1. The summed E-state index contributed by atoms with van der Waals surface area (Å²) in [6.45, 7) is 4.01. The minimum atomic E-state index is 0.448. The van der Waals surface area contributed by atoms with E-state index < -0.39 is 0 Å². The molecule has 0 aliphatic carbocycles. The molecule has 0 aromatic heterocycles. The molecule has 1 aliphatic rings. The standard InChI is InChI=1S/C18H21N3/c1-2-21-17(13-15-9-5-3-6-10-15)14-19-18(21)20-16-11-7-4-8-12-16/h3-12,17H,2,13-14H2,1H3,(H,19,20)/t17-/m0/s1. The maximum Gasteiger partial charge on any atom is 0.198 e. The molecule has 21 heavy (non-hydrogen) atoms. The average Bonchev–Trinajstić information content (AvgIpc) is 2.91. The molecule has 108 valence electrons. The van der Waals surface area contributed by atoms with Gasteiger partial charge in [0, 0.05) is 12.2 Å². The number of rotatable bonds is 4. The van der Waals surface area contributed by atoms with E-state index in [-0.39, 0.29) is 0 Å². The number of anilines is 1. The van der Waals surface area contributed by atoms with Crippen LogP contribution in [0.25, 0.3) is 0 Å². The maximum atomic E-state index is 4.69. The molecule has 3 heteroatoms. The smallest absolute Gasteiger partial charge is 0.198 e. The third kappa shape index (κ3) is 3.24. The highest BCUT2D eigenvalue weighted by atomic mass is 15.4. The minimum Gasteiger partial charge on any atom is -0.338 e. The second-order valence-electron chi connectivity index (χ2n) is 5.28.